The molecule has 1 unspecified atom stereocenters. The zero-order valence-corrected chi connectivity index (χ0v) is 15.4. The fourth-order valence-corrected chi connectivity index (χ4v) is 4.80. The quantitative estimate of drug-likeness (QED) is 0.756. The number of aryl methyl sites for hydroxylation is 1. The lowest BCUT2D eigenvalue weighted by atomic mass is 10.00. The van der Waals surface area contributed by atoms with Gasteiger partial charge in [-0.05, 0) is 6.42 Å². The second-order valence-electron chi connectivity index (χ2n) is 5.89. The Balaban J connectivity index is 1.86. The van der Waals surface area contributed by atoms with Crippen molar-refractivity contribution >= 4 is 10.2 Å². The molecule has 0 saturated carbocycles. The second-order valence-corrected chi connectivity index (χ2v) is 7.82. The highest BCUT2D eigenvalue weighted by molar-refractivity contribution is 7.86. The van der Waals surface area contributed by atoms with Crippen molar-refractivity contribution in [2.45, 2.75) is 33.1 Å². The van der Waals surface area contributed by atoms with Gasteiger partial charge in [-0.15, -0.1) is 0 Å². The summed E-state index contributed by atoms with van der Waals surface area (Å²) < 4.78 is 33.5. The van der Waals surface area contributed by atoms with Gasteiger partial charge >= 0.3 is 0 Å². The lowest BCUT2D eigenvalue weighted by molar-refractivity contribution is 0.377. The fraction of sp³-hybridized carbons (Fsp3) is 0.600. The Hall–Kier alpha value is -1.91. The summed E-state index contributed by atoms with van der Waals surface area (Å²) in [5.74, 6) is 0.863. The largest absolute Gasteiger partial charge is 0.339 e. The molecule has 0 bridgehead atoms. The Morgan fingerprint density at radius 3 is 2.76 bits per heavy atom. The number of aromatic nitrogens is 4. The molecule has 2 aromatic rings. The van der Waals surface area contributed by atoms with Crippen LogP contribution in [0.25, 0.3) is 11.4 Å². The molecule has 1 saturated heterocycles. The van der Waals surface area contributed by atoms with Crippen LogP contribution >= 0.6 is 0 Å². The maximum absolute atomic E-state index is 12.7. The maximum Gasteiger partial charge on any atom is 0.281 e. The average Bonchev–Trinajstić information content (AvgIpc) is 3.25. The van der Waals surface area contributed by atoms with Crippen molar-refractivity contribution in [3.05, 3.63) is 24.1 Å². The summed E-state index contributed by atoms with van der Waals surface area (Å²) in [7, 11) is -3.44. The molecule has 0 aromatic carbocycles. The standard InChI is InChI=1S/C15H22N6O3S/c1-4-20(5-2)25(22,23)21-7-6-12(9-21)14-13(8-16-10-17-14)15-18-11(3)24-19-15/h8,10,12H,4-7,9H2,1-3H3. The zero-order valence-electron chi connectivity index (χ0n) is 14.6. The van der Waals surface area contributed by atoms with Gasteiger partial charge in [-0.25, -0.2) is 9.97 Å². The van der Waals surface area contributed by atoms with Gasteiger partial charge in [0, 0.05) is 45.2 Å². The third-order valence-electron chi connectivity index (χ3n) is 4.41. The molecule has 0 N–H and O–H groups in total. The van der Waals surface area contributed by atoms with Crippen LogP contribution < -0.4 is 0 Å². The van der Waals surface area contributed by atoms with Gasteiger partial charge in [0.1, 0.15) is 6.33 Å². The molecule has 0 radical (unpaired) electrons. The van der Waals surface area contributed by atoms with Crippen LogP contribution in [-0.2, 0) is 10.2 Å². The second kappa shape index (κ2) is 7.14. The first-order chi connectivity index (χ1) is 12.0. The predicted octanol–water partition coefficient (Wildman–Crippen LogP) is 1.21. The van der Waals surface area contributed by atoms with E-state index < -0.39 is 10.2 Å². The molecule has 25 heavy (non-hydrogen) atoms. The minimum Gasteiger partial charge on any atom is -0.339 e. The van der Waals surface area contributed by atoms with Crippen LogP contribution in [-0.4, -0.2) is 63.3 Å². The van der Waals surface area contributed by atoms with Gasteiger partial charge < -0.3 is 4.52 Å². The van der Waals surface area contributed by atoms with Crippen LogP contribution in [0, 0.1) is 6.92 Å². The Labute approximate surface area is 147 Å². The molecular formula is C15H22N6O3S. The normalized spacial score (nSPS) is 19.0. The van der Waals surface area contributed by atoms with E-state index in [1.807, 2.05) is 13.8 Å². The topological polar surface area (TPSA) is 105 Å². The van der Waals surface area contributed by atoms with Crippen molar-refractivity contribution in [1.82, 2.24) is 28.7 Å². The van der Waals surface area contributed by atoms with Gasteiger partial charge in [-0.2, -0.15) is 22.0 Å². The highest BCUT2D eigenvalue weighted by Gasteiger charge is 2.36. The summed E-state index contributed by atoms with van der Waals surface area (Å²) in [6.07, 6.45) is 3.81. The molecule has 1 fully saturated rings. The Morgan fingerprint density at radius 2 is 2.12 bits per heavy atom. The van der Waals surface area contributed by atoms with Gasteiger partial charge in [-0.3, -0.25) is 0 Å². The molecule has 3 rings (SSSR count). The smallest absolute Gasteiger partial charge is 0.281 e. The zero-order chi connectivity index (χ0) is 18.0. The lowest BCUT2D eigenvalue weighted by Crippen LogP contribution is -2.42. The van der Waals surface area contributed by atoms with E-state index in [1.165, 1.54) is 14.9 Å². The minimum absolute atomic E-state index is 0.0258. The number of rotatable bonds is 6. The predicted molar refractivity (Wildman–Crippen MR) is 90.8 cm³/mol. The van der Waals surface area contributed by atoms with E-state index >= 15 is 0 Å². The molecule has 10 heteroatoms. The Morgan fingerprint density at radius 1 is 1.36 bits per heavy atom. The molecule has 0 amide bonds. The van der Waals surface area contributed by atoms with Crippen molar-refractivity contribution in [3.63, 3.8) is 0 Å². The highest BCUT2D eigenvalue weighted by atomic mass is 32.2. The monoisotopic (exact) mass is 366 g/mol. The molecule has 0 aliphatic carbocycles. The molecule has 3 heterocycles. The summed E-state index contributed by atoms with van der Waals surface area (Å²) in [6.45, 7) is 7.18. The summed E-state index contributed by atoms with van der Waals surface area (Å²) in [6, 6.07) is 0. The van der Waals surface area contributed by atoms with E-state index in [1.54, 1.807) is 13.1 Å². The van der Waals surface area contributed by atoms with E-state index in [0.29, 0.717) is 49.9 Å². The molecule has 1 aliphatic rings. The van der Waals surface area contributed by atoms with E-state index in [-0.39, 0.29) is 5.92 Å². The average molecular weight is 366 g/mol. The van der Waals surface area contributed by atoms with Gasteiger partial charge in [-0.1, -0.05) is 19.0 Å². The fourth-order valence-electron chi connectivity index (χ4n) is 3.12. The third kappa shape index (κ3) is 3.42. The number of hydrogen-bond acceptors (Lipinski definition) is 7. The van der Waals surface area contributed by atoms with Gasteiger partial charge in [0.05, 0.1) is 11.3 Å². The van der Waals surface area contributed by atoms with Gasteiger partial charge in [0.2, 0.25) is 11.7 Å². The summed E-state index contributed by atoms with van der Waals surface area (Å²) in [4.78, 5) is 12.7. The first-order valence-electron chi connectivity index (χ1n) is 8.33. The van der Waals surface area contributed by atoms with E-state index in [4.69, 9.17) is 4.52 Å². The molecule has 0 spiro atoms. The molecule has 2 aromatic heterocycles. The summed E-state index contributed by atoms with van der Waals surface area (Å²) in [5, 5.41) is 3.93. The minimum atomic E-state index is -3.44. The molecular weight excluding hydrogens is 344 g/mol. The van der Waals surface area contributed by atoms with Crippen molar-refractivity contribution in [3.8, 4) is 11.4 Å². The lowest BCUT2D eigenvalue weighted by Gasteiger charge is -2.25. The Bertz CT molecular complexity index is 833. The van der Waals surface area contributed by atoms with E-state index in [2.05, 4.69) is 20.1 Å². The Kier molecular flexibility index (Phi) is 5.11. The van der Waals surface area contributed by atoms with Crippen LogP contribution in [0.3, 0.4) is 0 Å². The molecule has 1 atom stereocenters. The molecule has 1 aliphatic heterocycles. The number of nitrogens with zero attached hydrogens (tertiary/aromatic N) is 6. The maximum atomic E-state index is 12.7. The first-order valence-corrected chi connectivity index (χ1v) is 9.72. The van der Waals surface area contributed by atoms with Crippen molar-refractivity contribution in [2.24, 2.45) is 0 Å². The van der Waals surface area contributed by atoms with Crippen LogP contribution in [0.15, 0.2) is 17.0 Å². The van der Waals surface area contributed by atoms with Crippen molar-refractivity contribution in [1.29, 1.82) is 0 Å². The van der Waals surface area contributed by atoms with Gasteiger partial charge in [0.25, 0.3) is 10.2 Å². The van der Waals surface area contributed by atoms with E-state index in [9.17, 15) is 8.42 Å². The van der Waals surface area contributed by atoms with Crippen molar-refractivity contribution in [2.75, 3.05) is 26.2 Å². The first kappa shape index (κ1) is 17.9. The summed E-state index contributed by atoms with van der Waals surface area (Å²) >= 11 is 0. The van der Waals surface area contributed by atoms with Gasteiger partial charge in [0.15, 0.2) is 0 Å². The van der Waals surface area contributed by atoms with Crippen LogP contribution in [0.4, 0.5) is 0 Å². The van der Waals surface area contributed by atoms with Crippen LogP contribution in [0.5, 0.6) is 0 Å². The molecule has 136 valence electrons. The van der Waals surface area contributed by atoms with E-state index in [0.717, 1.165) is 5.69 Å². The SMILES string of the molecule is CCN(CC)S(=O)(=O)N1CCC(c2ncncc2-c2noc(C)n2)C1. The molecule has 9 nitrogen and oxygen atoms in total. The van der Waals surface area contributed by atoms with Crippen LogP contribution in [0.2, 0.25) is 0 Å². The highest BCUT2D eigenvalue weighted by Crippen LogP contribution is 2.33. The van der Waals surface area contributed by atoms with Crippen LogP contribution in [0.1, 0.15) is 37.8 Å². The third-order valence-corrected chi connectivity index (χ3v) is 6.56. The number of hydrogen-bond donors (Lipinski definition) is 0. The summed E-state index contributed by atoms with van der Waals surface area (Å²) in [5.41, 5.74) is 1.44. The van der Waals surface area contributed by atoms with Crippen molar-refractivity contribution < 1.29 is 12.9 Å².